The minimum absolute atomic E-state index is 0. The Morgan fingerprint density at radius 3 is 2.85 bits per heavy atom. The molecule has 1 unspecified atom stereocenters. The van der Waals surface area contributed by atoms with Crippen molar-refractivity contribution in [2.75, 3.05) is 31.6 Å². The summed E-state index contributed by atoms with van der Waals surface area (Å²) in [6, 6.07) is 10.2. The molecular formula is C19H28IN5OS. The predicted molar refractivity (Wildman–Crippen MR) is 124 cm³/mol. The van der Waals surface area contributed by atoms with Crippen molar-refractivity contribution in [1.82, 2.24) is 20.2 Å². The van der Waals surface area contributed by atoms with Gasteiger partial charge in [-0.25, -0.2) is 4.98 Å². The summed E-state index contributed by atoms with van der Waals surface area (Å²) < 4.78 is 0. The number of halogens is 1. The third kappa shape index (κ3) is 6.11. The molecule has 0 radical (unpaired) electrons. The van der Waals surface area contributed by atoms with Crippen LogP contribution in [-0.2, 0) is 6.54 Å². The molecule has 2 heterocycles. The van der Waals surface area contributed by atoms with Gasteiger partial charge in [0.05, 0.1) is 30.6 Å². The zero-order valence-corrected chi connectivity index (χ0v) is 19.0. The van der Waals surface area contributed by atoms with Crippen LogP contribution in [0.4, 0.5) is 0 Å². The van der Waals surface area contributed by atoms with Crippen LogP contribution in [0.1, 0.15) is 19.2 Å². The second-order valence-corrected chi connectivity index (χ2v) is 7.77. The molecule has 1 saturated heterocycles. The van der Waals surface area contributed by atoms with Crippen molar-refractivity contribution in [2.24, 2.45) is 4.99 Å². The Bertz CT molecular complexity index is 731. The Balaban J connectivity index is 0.00000261. The average molecular weight is 501 g/mol. The molecule has 6 nitrogen and oxygen atoms in total. The van der Waals surface area contributed by atoms with E-state index in [1.807, 2.05) is 43.3 Å². The molecular weight excluding hydrogens is 473 g/mol. The molecule has 0 aliphatic carbocycles. The van der Waals surface area contributed by atoms with E-state index in [-0.39, 0.29) is 24.0 Å². The molecule has 0 saturated carbocycles. The third-order valence-corrected chi connectivity index (χ3v) is 5.64. The summed E-state index contributed by atoms with van der Waals surface area (Å²) in [7, 11) is 1.99. The van der Waals surface area contributed by atoms with Gasteiger partial charge >= 0.3 is 0 Å². The zero-order valence-electron chi connectivity index (χ0n) is 15.8. The highest BCUT2D eigenvalue weighted by molar-refractivity contribution is 14.0. The number of thioether (sulfide) groups is 1. The van der Waals surface area contributed by atoms with Crippen molar-refractivity contribution in [3.63, 3.8) is 0 Å². The van der Waals surface area contributed by atoms with Crippen LogP contribution in [0.15, 0.2) is 41.5 Å². The number of hydrogen-bond donors (Lipinski definition) is 3. The van der Waals surface area contributed by atoms with Gasteiger partial charge in [-0.2, -0.15) is 11.8 Å². The number of H-pyrrole nitrogens is 1. The van der Waals surface area contributed by atoms with Crippen LogP contribution < -0.4 is 5.32 Å². The highest BCUT2D eigenvalue weighted by atomic mass is 127. The van der Waals surface area contributed by atoms with E-state index in [4.69, 9.17) is 0 Å². The number of hydrogen-bond acceptors (Lipinski definition) is 4. The van der Waals surface area contributed by atoms with Crippen LogP contribution in [0, 0.1) is 0 Å². The van der Waals surface area contributed by atoms with Crippen molar-refractivity contribution < 1.29 is 5.11 Å². The lowest BCUT2D eigenvalue weighted by atomic mass is 10.1. The summed E-state index contributed by atoms with van der Waals surface area (Å²) >= 11 is 1.79. The number of nitrogens with one attached hydrogen (secondary N) is 2. The van der Waals surface area contributed by atoms with E-state index in [0.717, 1.165) is 47.5 Å². The Morgan fingerprint density at radius 2 is 2.19 bits per heavy atom. The largest absolute Gasteiger partial charge is 0.387 e. The fourth-order valence-corrected chi connectivity index (χ4v) is 4.20. The first kappa shape index (κ1) is 22.0. The number of benzene rings is 1. The van der Waals surface area contributed by atoms with E-state index >= 15 is 0 Å². The van der Waals surface area contributed by atoms with E-state index < -0.39 is 5.60 Å². The van der Waals surface area contributed by atoms with E-state index in [0.29, 0.717) is 13.1 Å². The number of aromatic nitrogens is 2. The second-order valence-electron chi connectivity index (χ2n) is 6.66. The van der Waals surface area contributed by atoms with Crippen molar-refractivity contribution in [3.8, 4) is 11.3 Å². The first-order valence-corrected chi connectivity index (χ1v) is 10.1. The number of aromatic amines is 1. The van der Waals surface area contributed by atoms with Gasteiger partial charge in [-0.1, -0.05) is 30.3 Å². The quantitative estimate of drug-likeness (QED) is 0.323. The lowest BCUT2D eigenvalue weighted by molar-refractivity contribution is 0.0776. The molecule has 148 valence electrons. The third-order valence-electron chi connectivity index (χ3n) is 4.40. The number of aliphatic imine (C=N–C) groups is 1. The number of imidazole rings is 1. The second kappa shape index (κ2) is 10.3. The molecule has 8 heteroatoms. The topological polar surface area (TPSA) is 76.5 Å². The van der Waals surface area contributed by atoms with Crippen molar-refractivity contribution in [2.45, 2.75) is 25.5 Å². The highest BCUT2D eigenvalue weighted by Crippen LogP contribution is 2.28. The van der Waals surface area contributed by atoms with Crippen molar-refractivity contribution in [3.05, 3.63) is 42.4 Å². The summed E-state index contributed by atoms with van der Waals surface area (Å²) in [6.07, 6.45) is 2.67. The Labute approximate surface area is 182 Å². The zero-order chi connectivity index (χ0) is 18.4. The van der Waals surface area contributed by atoms with Gasteiger partial charge in [-0.3, -0.25) is 4.99 Å². The number of nitrogens with zero attached hydrogens (tertiary/aromatic N) is 3. The number of aliphatic hydroxyl groups is 1. The van der Waals surface area contributed by atoms with Gasteiger partial charge in [0, 0.05) is 19.3 Å². The first-order chi connectivity index (χ1) is 12.6. The van der Waals surface area contributed by atoms with Crippen LogP contribution in [0.25, 0.3) is 11.3 Å². The van der Waals surface area contributed by atoms with Gasteiger partial charge in [0.25, 0.3) is 0 Å². The molecule has 1 aliphatic rings. The van der Waals surface area contributed by atoms with Crippen LogP contribution in [-0.4, -0.2) is 63.2 Å². The highest BCUT2D eigenvalue weighted by Gasteiger charge is 2.31. The first-order valence-electron chi connectivity index (χ1n) is 8.98. The fraction of sp³-hybridized carbons (Fsp3) is 0.474. The average Bonchev–Trinajstić information content (AvgIpc) is 3.29. The molecule has 1 aromatic carbocycles. The monoisotopic (exact) mass is 501 g/mol. The van der Waals surface area contributed by atoms with Crippen molar-refractivity contribution in [1.29, 1.82) is 0 Å². The van der Waals surface area contributed by atoms with Gasteiger partial charge in [-0.05, 0) is 24.7 Å². The minimum Gasteiger partial charge on any atom is -0.387 e. The molecule has 0 spiro atoms. The molecule has 3 rings (SSSR count). The van der Waals surface area contributed by atoms with Gasteiger partial charge in [0.2, 0.25) is 0 Å². The molecule has 1 atom stereocenters. The summed E-state index contributed by atoms with van der Waals surface area (Å²) in [5, 5.41) is 13.8. The van der Waals surface area contributed by atoms with Crippen molar-refractivity contribution >= 4 is 41.7 Å². The van der Waals surface area contributed by atoms with Gasteiger partial charge in [0.15, 0.2) is 5.96 Å². The smallest absolute Gasteiger partial charge is 0.194 e. The molecule has 3 N–H and O–H groups in total. The van der Waals surface area contributed by atoms with E-state index in [1.54, 1.807) is 11.8 Å². The fourth-order valence-electron chi connectivity index (χ4n) is 2.92. The summed E-state index contributed by atoms with van der Waals surface area (Å²) in [4.78, 5) is 14.6. The molecule has 2 aromatic rings. The molecule has 0 bridgehead atoms. The Hall–Kier alpha value is -1.26. The Kier molecular flexibility index (Phi) is 8.43. The summed E-state index contributed by atoms with van der Waals surface area (Å²) in [6.45, 7) is 3.87. The maximum Gasteiger partial charge on any atom is 0.194 e. The van der Waals surface area contributed by atoms with Gasteiger partial charge in [-0.15, -0.1) is 24.0 Å². The summed E-state index contributed by atoms with van der Waals surface area (Å²) in [5.41, 5.74) is 1.46. The van der Waals surface area contributed by atoms with E-state index in [1.165, 1.54) is 0 Å². The summed E-state index contributed by atoms with van der Waals surface area (Å²) in [5.74, 6) is 3.44. The molecule has 27 heavy (non-hydrogen) atoms. The standard InChI is InChI=1S/C19H27N5OS.HI/c1-3-20-18(22-13-19(25)9-10-26-14-19)24(2)12-17-21-11-16(23-17)15-7-5-4-6-8-15;/h4-8,11,25H,3,9-10,12-14H2,1-2H3,(H,20,22)(H,21,23);1H. The van der Waals surface area contributed by atoms with Crippen LogP contribution in [0.5, 0.6) is 0 Å². The van der Waals surface area contributed by atoms with Gasteiger partial charge < -0.3 is 20.3 Å². The predicted octanol–water partition coefficient (Wildman–Crippen LogP) is 2.96. The maximum absolute atomic E-state index is 10.5. The minimum atomic E-state index is -0.669. The van der Waals surface area contributed by atoms with E-state index in [2.05, 4.69) is 32.4 Å². The molecule has 1 aromatic heterocycles. The SMILES string of the molecule is CCNC(=NCC1(O)CCSC1)N(C)Cc1ncc(-c2ccccc2)[nH]1.I. The normalized spacial score (nSPS) is 19.6. The van der Waals surface area contributed by atoms with E-state index in [9.17, 15) is 5.11 Å². The Morgan fingerprint density at radius 1 is 1.41 bits per heavy atom. The van der Waals surface area contributed by atoms with Gasteiger partial charge in [0.1, 0.15) is 5.82 Å². The number of rotatable bonds is 6. The maximum atomic E-state index is 10.5. The van der Waals surface area contributed by atoms with Crippen LogP contribution in [0.3, 0.4) is 0 Å². The van der Waals surface area contributed by atoms with Crippen LogP contribution >= 0.6 is 35.7 Å². The molecule has 1 aliphatic heterocycles. The lowest BCUT2D eigenvalue weighted by Crippen LogP contribution is -2.41. The van der Waals surface area contributed by atoms with Crippen LogP contribution in [0.2, 0.25) is 0 Å². The molecule has 0 amide bonds. The lowest BCUT2D eigenvalue weighted by Gasteiger charge is -2.24. The number of guanidine groups is 1. The molecule has 1 fully saturated rings.